The number of ether oxygens (including phenoxy) is 1. The quantitative estimate of drug-likeness (QED) is 0.847. The summed E-state index contributed by atoms with van der Waals surface area (Å²) in [6.45, 7) is 5.80. The molecule has 1 aromatic heterocycles. The fourth-order valence-electron chi connectivity index (χ4n) is 2.15. The highest BCUT2D eigenvalue weighted by atomic mass is 32.1. The van der Waals surface area contributed by atoms with E-state index in [1.807, 2.05) is 32.0 Å². The standard InChI is InChI=1S/C16H18N2O4S/c1-4-22-12-6-5-11(7-9(12)2)15-13(8-14(20)21)23-16(18-15)17-10(3)19/h5-7H,4,8H2,1-3H3,(H,20,21)(H,17,18,19). The van der Waals surface area contributed by atoms with Crippen molar-refractivity contribution in [3.63, 3.8) is 0 Å². The average Bonchev–Trinajstić information content (AvgIpc) is 2.82. The maximum atomic E-state index is 11.2. The number of nitrogens with zero attached hydrogens (tertiary/aromatic N) is 1. The van der Waals surface area contributed by atoms with Gasteiger partial charge in [-0.15, -0.1) is 11.3 Å². The predicted octanol–water partition coefficient (Wildman–Crippen LogP) is 3.10. The molecule has 2 rings (SSSR count). The number of aromatic nitrogens is 1. The minimum absolute atomic E-state index is 0.140. The molecule has 2 N–H and O–H groups in total. The Morgan fingerprint density at radius 3 is 2.70 bits per heavy atom. The molecular formula is C16H18N2O4S. The Bertz CT molecular complexity index is 740. The lowest BCUT2D eigenvalue weighted by Gasteiger charge is -2.08. The summed E-state index contributed by atoms with van der Waals surface area (Å²) in [6.07, 6.45) is -0.140. The Kier molecular flexibility index (Phi) is 5.33. The van der Waals surface area contributed by atoms with E-state index in [1.165, 1.54) is 18.3 Å². The van der Waals surface area contributed by atoms with Crippen molar-refractivity contribution in [2.24, 2.45) is 0 Å². The van der Waals surface area contributed by atoms with Crippen molar-refractivity contribution in [2.75, 3.05) is 11.9 Å². The largest absolute Gasteiger partial charge is 0.494 e. The maximum absolute atomic E-state index is 11.2. The number of benzene rings is 1. The third-order valence-electron chi connectivity index (χ3n) is 3.04. The molecule has 0 saturated heterocycles. The lowest BCUT2D eigenvalue weighted by molar-refractivity contribution is -0.136. The zero-order valence-electron chi connectivity index (χ0n) is 13.2. The number of amides is 1. The summed E-state index contributed by atoms with van der Waals surface area (Å²) in [5.74, 6) is -0.393. The number of aliphatic carboxylic acids is 1. The van der Waals surface area contributed by atoms with Crippen LogP contribution in [0.15, 0.2) is 18.2 Å². The van der Waals surface area contributed by atoms with E-state index in [4.69, 9.17) is 9.84 Å². The third kappa shape index (κ3) is 4.29. The number of carboxylic acid groups (broad SMARTS) is 1. The molecule has 0 atom stereocenters. The van der Waals surface area contributed by atoms with Crippen molar-refractivity contribution < 1.29 is 19.4 Å². The van der Waals surface area contributed by atoms with Gasteiger partial charge < -0.3 is 15.2 Å². The van der Waals surface area contributed by atoms with Crippen molar-refractivity contribution in [3.8, 4) is 17.0 Å². The zero-order chi connectivity index (χ0) is 17.0. The van der Waals surface area contributed by atoms with Crippen LogP contribution in [0.25, 0.3) is 11.3 Å². The number of carboxylic acids is 1. The highest BCUT2D eigenvalue weighted by Gasteiger charge is 2.17. The van der Waals surface area contributed by atoms with E-state index in [0.717, 1.165) is 16.9 Å². The van der Waals surface area contributed by atoms with Crippen molar-refractivity contribution >= 4 is 28.3 Å². The van der Waals surface area contributed by atoms with Gasteiger partial charge in [-0.2, -0.15) is 0 Å². The lowest BCUT2D eigenvalue weighted by atomic mass is 10.1. The molecule has 0 unspecified atom stereocenters. The summed E-state index contributed by atoms with van der Waals surface area (Å²) in [4.78, 5) is 27.2. The van der Waals surface area contributed by atoms with Crippen molar-refractivity contribution in [3.05, 3.63) is 28.6 Å². The van der Waals surface area contributed by atoms with Crippen LogP contribution in [0, 0.1) is 6.92 Å². The Labute approximate surface area is 138 Å². The molecule has 1 amide bonds. The maximum Gasteiger partial charge on any atom is 0.308 e. The Morgan fingerprint density at radius 2 is 2.13 bits per heavy atom. The number of thiazole rings is 1. The first-order chi connectivity index (χ1) is 10.9. The molecule has 0 fully saturated rings. The minimum atomic E-state index is -0.938. The molecule has 0 spiro atoms. The van der Waals surface area contributed by atoms with Gasteiger partial charge >= 0.3 is 5.97 Å². The summed E-state index contributed by atoms with van der Waals surface area (Å²) in [6, 6.07) is 5.59. The van der Waals surface area contributed by atoms with Gasteiger partial charge in [0.1, 0.15) is 5.75 Å². The van der Waals surface area contributed by atoms with E-state index >= 15 is 0 Å². The topological polar surface area (TPSA) is 88.5 Å². The first-order valence-corrected chi connectivity index (χ1v) is 7.95. The van der Waals surface area contributed by atoms with Crippen molar-refractivity contribution in [1.82, 2.24) is 4.98 Å². The molecule has 6 nitrogen and oxygen atoms in total. The summed E-state index contributed by atoms with van der Waals surface area (Å²) in [7, 11) is 0. The number of carbonyl (C=O) groups excluding carboxylic acids is 1. The van der Waals surface area contributed by atoms with Gasteiger partial charge in [-0.1, -0.05) is 0 Å². The van der Waals surface area contributed by atoms with Gasteiger partial charge in [-0.25, -0.2) is 4.98 Å². The molecule has 7 heteroatoms. The summed E-state index contributed by atoms with van der Waals surface area (Å²) < 4.78 is 5.51. The molecule has 0 aliphatic heterocycles. The predicted molar refractivity (Wildman–Crippen MR) is 89.1 cm³/mol. The lowest BCUT2D eigenvalue weighted by Crippen LogP contribution is -2.04. The molecule has 1 heterocycles. The van der Waals surface area contributed by atoms with Crippen LogP contribution in [0.2, 0.25) is 0 Å². The van der Waals surface area contributed by atoms with E-state index < -0.39 is 5.97 Å². The van der Waals surface area contributed by atoms with E-state index in [2.05, 4.69) is 10.3 Å². The second kappa shape index (κ2) is 7.23. The number of carbonyl (C=O) groups is 2. The molecule has 0 saturated carbocycles. The Balaban J connectivity index is 2.43. The monoisotopic (exact) mass is 334 g/mol. The molecule has 0 aliphatic carbocycles. The van der Waals surface area contributed by atoms with E-state index in [1.54, 1.807) is 0 Å². The van der Waals surface area contributed by atoms with Gasteiger partial charge in [0.25, 0.3) is 0 Å². The summed E-state index contributed by atoms with van der Waals surface area (Å²) in [5, 5.41) is 12.1. The molecule has 0 aliphatic rings. The number of aryl methyl sites for hydroxylation is 1. The SMILES string of the molecule is CCOc1ccc(-c2nc(NC(C)=O)sc2CC(=O)O)cc1C. The minimum Gasteiger partial charge on any atom is -0.494 e. The Hall–Kier alpha value is -2.41. The van der Waals surface area contributed by atoms with Crippen LogP contribution in [0.1, 0.15) is 24.3 Å². The summed E-state index contributed by atoms with van der Waals surface area (Å²) in [5.41, 5.74) is 2.32. The number of nitrogens with one attached hydrogen (secondary N) is 1. The van der Waals surface area contributed by atoms with Crippen LogP contribution < -0.4 is 10.1 Å². The second-order valence-electron chi connectivity index (χ2n) is 4.96. The van der Waals surface area contributed by atoms with Crippen LogP contribution in [-0.4, -0.2) is 28.6 Å². The first-order valence-electron chi connectivity index (χ1n) is 7.13. The average molecular weight is 334 g/mol. The second-order valence-corrected chi connectivity index (χ2v) is 6.04. The Morgan fingerprint density at radius 1 is 1.39 bits per heavy atom. The van der Waals surface area contributed by atoms with E-state index in [-0.39, 0.29) is 12.3 Å². The van der Waals surface area contributed by atoms with Gasteiger partial charge in [-0.3, -0.25) is 9.59 Å². The molecule has 23 heavy (non-hydrogen) atoms. The molecule has 0 radical (unpaired) electrons. The van der Waals surface area contributed by atoms with Crippen molar-refractivity contribution in [2.45, 2.75) is 27.2 Å². The van der Waals surface area contributed by atoms with Crippen LogP contribution in [0.5, 0.6) is 5.75 Å². The third-order valence-corrected chi connectivity index (χ3v) is 4.01. The number of anilines is 1. The van der Waals surface area contributed by atoms with Crippen LogP contribution >= 0.6 is 11.3 Å². The smallest absolute Gasteiger partial charge is 0.308 e. The van der Waals surface area contributed by atoms with E-state index in [0.29, 0.717) is 22.3 Å². The van der Waals surface area contributed by atoms with Gasteiger partial charge in [0.05, 0.1) is 18.7 Å². The van der Waals surface area contributed by atoms with E-state index in [9.17, 15) is 9.59 Å². The highest BCUT2D eigenvalue weighted by molar-refractivity contribution is 7.16. The fourth-order valence-corrected chi connectivity index (χ4v) is 3.17. The van der Waals surface area contributed by atoms with Gasteiger partial charge in [0, 0.05) is 17.4 Å². The molecule has 1 aromatic carbocycles. The molecule has 122 valence electrons. The van der Waals surface area contributed by atoms with Crippen LogP contribution in [-0.2, 0) is 16.0 Å². The normalized spacial score (nSPS) is 10.4. The van der Waals surface area contributed by atoms with Crippen LogP contribution in [0.3, 0.4) is 0 Å². The van der Waals surface area contributed by atoms with Gasteiger partial charge in [0.2, 0.25) is 5.91 Å². The molecular weight excluding hydrogens is 316 g/mol. The van der Waals surface area contributed by atoms with Crippen LogP contribution in [0.4, 0.5) is 5.13 Å². The number of hydrogen-bond acceptors (Lipinski definition) is 5. The summed E-state index contributed by atoms with van der Waals surface area (Å²) >= 11 is 1.18. The molecule has 0 bridgehead atoms. The molecule has 2 aromatic rings. The highest BCUT2D eigenvalue weighted by Crippen LogP contribution is 2.33. The van der Waals surface area contributed by atoms with Crippen molar-refractivity contribution in [1.29, 1.82) is 0 Å². The zero-order valence-corrected chi connectivity index (χ0v) is 14.0. The van der Waals surface area contributed by atoms with Gasteiger partial charge in [-0.05, 0) is 37.6 Å². The fraction of sp³-hybridized carbons (Fsp3) is 0.312. The first kappa shape index (κ1) is 17.0. The number of rotatable bonds is 6. The van der Waals surface area contributed by atoms with Gasteiger partial charge in [0.15, 0.2) is 5.13 Å². The number of hydrogen-bond donors (Lipinski definition) is 2.